The molecule has 19 heavy (non-hydrogen) atoms. The zero-order valence-corrected chi connectivity index (χ0v) is 12.2. The molecule has 2 heteroatoms. The van der Waals surface area contributed by atoms with Gasteiger partial charge in [0.1, 0.15) is 11.5 Å². The maximum absolute atomic E-state index is 12.5. The number of allylic oxidation sites excluding steroid dienone is 4. The van der Waals surface area contributed by atoms with Gasteiger partial charge >= 0.3 is 0 Å². The van der Waals surface area contributed by atoms with Crippen LogP contribution in [0.4, 0.5) is 0 Å². The van der Waals surface area contributed by atoms with Crippen molar-refractivity contribution in [2.75, 3.05) is 7.11 Å². The van der Waals surface area contributed by atoms with Gasteiger partial charge in [-0.25, -0.2) is 0 Å². The van der Waals surface area contributed by atoms with Crippen LogP contribution in [0, 0.1) is 23.2 Å². The van der Waals surface area contributed by atoms with Crippen LogP contribution in [-0.4, -0.2) is 12.9 Å². The number of hydrogen-bond donors (Lipinski definition) is 0. The Balaban J connectivity index is 1.96. The number of fused-ring (bicyclic) bond motifs is 2. The van der Waals surface area contributed by atoms with E-state index in [1.54, 1.807) is 7.11 Å². The van der Waals surface area contributed by atoms with E-state index < -0.39 is 0 Å². The fourth-order valence-corrected chi connectivity index (χ4v) is 4.47. The zero-order chi connectivity index (χ0) is 13.7. The first-order valence-corrected chi connectivity index (χ1v) is 7.31. The highest BCUT2D eigenvalue weighted by Crippen LogP contribution is 2.66. The van der Waals surface area contributed by atoms with E-state index in [2.05, 4.69) is 32.4 Å². The summed E-state index contributed by atoms with van der Waals surface area (Å²) in [6.07, 6.45) is 11.3. The van der Waals surface area contributed by atoms with E-state index in [9.17, 15) is 4.79 Å². The summed E-state index contributed by atoms with van der Waals surface area (Å²) in [6, 6.07) is 0. The molecule has 0 aromatic heterocycles. The highest BCUT2D eigenvalue weighted by molar-refractivity contribution is 5.90. The van der Waals surface area contributed by atoms with Gasteiger partial charge in [-0.3, -0.25) is 4.79 Å². The Morgan fingerprint density at radius 3 is 2.79 bits per heavy atom. The Hall–Kier alpha value is -1.05. The van der Waals surface area contributed by atoms with Crippen molar-refractivity contribution in [2.45, 2.75) is 46.0 Å². The first kappa shape index (κ1) is 13.0. The molecule has 3 aliphatic rings. The van der Waals surface area contributed by atoms with Crippen LogP contribution in [0.3, 0.4) is 0 Å². The lowest BCUT2D eigenvalue weighted by atomic mass is 9.65. The van der Waals surface area contributed by atoms with Crippen LogP contribution >= 0.6 is 0 Å². The molecule has 0 amide bonds. The maximum Gasteiger partial charge on any atom is 0.140 e. The molecule has 0 aromatic rings. The van der Waals surface area contributed by atoms with Gasteiger partial charge < -0.3 is 4.74 Å². The van der Waals surface area contributed by atoms with Crippen molar-refractivity contribution in [3.63, 3.8) is 0 Å². The van der Waals surface area contributed by atoms with E-state index in [-0.39, 0.29) is 10.8 Å². The molecule has 0 N–H and O–H groups in total. The average Bonchev–Trinajstić information content (AvgIpc) is 2.73. The Labute approximate surface area is 115 Å². The summed E-state index contributed by atoms with van der Waals surface area (Å²) in [7, 11) is 1.72. The molecule has 2 nitrogen and oxygen atoms in total. The van der Waals surface area contributed by atoms with Crippen molar-refractivity contribution in [1.82, 2.24) is 0 Å². The second-order valence-corrected chi connectivity index (χ2v) is 6.78. The topological polar surface area (TPSA) is 26.3 Å². The predicted octanol–water partition coefficient (Wildman–Crippen LogP) is 3.84. The first-order valence-electron chi connectivity index (χ1n) is 7.31. The van der Waals surface area contributed by atoms with Gasteiger partial charge in [0.05, 0.1) is 7.11 Å². The molecule has 3 rings (SSSR count). The standard InChI is InChI=1S/C17H23O2/c1-16(2)13-8-9-17(16,15(18)10-13)11-12-6-4-5-7-14(12)19-3/h4,6-7,13H,5,8-11H2,1-3H3. The van der Waals surface area contributed by atoms with Gasteiger partial charge in [-0.05, 0) is 42.6 Å². The summed E-state index contributed by atoms with van der Waals surface area (Å²) in [5.74, 6) is 2.04. The Kier molecular flexibility index (Phi) is 2.88. The SMILES string of the molecule is COC1=C(CC23CCC(CC2=O)C3(C)C)C=CC[CH]1. The molecule has 1 radical (unpaired) electrons. The van der Waals surface area contributed by atoms with Crippen molar-refractivity contribution in [2.24, 2.45) is 16.7 Å². The second-order valence-electron chi connectivity index (χ2n) is 6.78. The molecule has 0 heterocycles. The number of hydrogen-bond acceptors (Lipinski definition) is 2. The van der Waals surface area contributed by atoms with E-state index in [1.807, 2.05) is 0 Å². The normalized spacial score (nSPS) is 36.2. The molecule has 2 bridgehead atoms. The van der Waals surface area contributed by atoms with E-state index in [0.717, 1.165) is 31.4 Å². The van der Waals surface area contributed by atoms with Crippen LogP contribution in [0.15, 0.2) is 23.5 Å². The number of rotatable bonds is 3. The third-order valence-corrected chi connectivity index (χ3v) is 5.93. The fourth-order valence-electron chi connectivity index (χ4n) is 4.47. The summed E-state index contributed by atoms with van der Waals surface area (Å²) >= 11 is 0. The van der Waals surface area contributed by atoms with Gasteiger partial charge in [0.2, 0.25) is 0 Å². The summed E-state index contributed by atoms with van der Waals surface area (Å²) in [5.41, 5.74) is 1.20. The highest BCUT2D eigenvalue weighted by Gasteiger charge is 2.63. The Morgan fingerprint density at radius 2 is 2.21 bits per heavy atom. The van der Waals surface area contributed by atoms with Crippen LogP contribution in [-0.2, 0) is 9.53 Å². The van der Waals surface area contributed by atoms with Gasteiger partial charge in [0, 0.05) is 18.3 Å². The third-order valence-electron chi connectivity index (χ3n) is 5.93. The second kappa shape index (κ2) is 4.22. The number of ketones is 1. The Morgan fingerprint density at radius 1 is 1.42 bits per heavy atom. The molecule has 2 atom stereocenters. The van der Waals surface area contributed by atoms with Gasteiger partial charge in [-0.1, -0.05) is 26.0 Å². The maximum atomic E-state index is 12.5. The number of Topliss-reactive ketones (excluding diaryl/α,β-unsaturated/α-hetero) is 1. The number of methoxy groups -OCH3 is 1. The predicted molar refractivity (Wildman–Crippen MR) is 75.3 cm³/mol. The zero-order valence-electron chi connectivity index (χ0n) is 12.2. The van der Waals surface area contributed by atoms with Crippen molar-refractivity contribution < 1.29 is 9.53 Å². The van der Waals surface area contributed by atoms with Gasteiger partial charge in [0.15, 0.2) is 0 Å². The van der Waals surface area contributed by atoms with E-state index in [0.29, 0.717) is 11.7 Å². The minimum absolute atomic E-state index is 0.140. The summed E-state index contributed by atoms with van der Waals surface area (Å²) < 4.78 is 5.48. The number of carbonyl (C=O) groups excluding carboxylic acids is 1. The molecular weight excluding hydrogens is 236 g/mol. The molecule has 0 saturated heterocycles. The van der Waals surface area contributed by atoms with E-state index in [4.69, 9.17) is 4.74 Å². The van der Waals surface area contributed by atoms with Crippen LogP contribution in [0.5, 0.6) is 0 Å². The van der Waals surface area contributed by atoms with E-state index in [1.165, 1.54) is 12.0 Å². The van der Waals surface area contributed by atoms with Crippen molar-refractivity contribution >= 4 is 5.78 Å². The molecule has 2 unspecified atom stereocenters. The van der Waals surface area contributed by atoms with Crippen LogP contribution in [0.2, 0.25) is 0 Å². The van der Waals surface area contributed by atoms with Crippen LogP contribution < -0.4 is 0 Å². The third kappa shape index (κ3) is 1.65. The largest absolute Gasteiger partial charge is 0.500 e. The Bertz CT molecular complexity index is 470. The van der Waals surface area contributed by atoms with Crippen molar-refractivity contribution in [1.29, 1.82) is 0 Å². The van der Waals surface area contributed by atoms with Crippen molar-refractivity contribution in [3.8, 4) is 0 Å². The summed E-state index contributed by atoms with van der Waals surface area (Å²) in [5, 5.41) is 0. The lowest BCUT2D eigenvalue weighted by Gasteiger charge is -2.37. The average molecular weight is 259 g/mol. The van der Waals surface area contributed by atoms with Gasteiger partial charge in [0.25, 0.3) is 0 Å². The molecule has 0 spiro atoms. The lowest BCUT2D eigenvalue weighted by molar-refractivity contribution is -0.129. The molecule has 2 saturated carbocycles. The molecule has 103 valence electrons. The minimum Gasteiger partial charge on any atom is -0.500 e. The van der Waals surface area contributed by atoms with Gasteiger partial charge in [-0.2, -0.15) is 0 Å². The van der Waals surface area contributed by atoms with Crippen molar-refractivity contribution in [3.05, 3.63) is 29.9 Å². The molecule has 0 aromatic carbocycles. The number of ether oxygens (including phenoxy) is 1. The monoisotopic (exact) mass is 259 g/mol. The van der Waals surface area contributed by atoms with Crippen LogP contribution in [0.1, 0.15) is 46.0 Å². The smallest absolute Gasteiger partial charge is 0.140 e. The first-order chi connectivity index (χ1) is 9.01. The fraction of sp³-hybridized carbons (Fsp3) is 0.647. The molecule has 3 aliphatic carbocycles. The van der Waals surface area contributed by atoms with Crippen LogP contribution in [0.25, 0.3) is 0 Å². The summed E-state index contributed by atoms with van der Waals surface area (Å²) in [4.78, 5) is 12.5. The van der Waals surface area contributed by atoms with E-state index >= 15 is 0 Å². The quantitative estimate of drug-likeness (QED) is 0.770. The minimum atomic E-state index is -0.147. The lowest BCUT2D eigenvalue weighted by Crippen LogP contribution is -2.36. The molecular formula is C17H23O2. The number of carbonyl (C=O) groups is 1. The molecule has 0 aliphatic heterocycles. The van der Waals surface area contributed by atoms with Gasteiger partial charge in [-0.15, -0.1) is 0 Å². The molecule has 2 fully saturated rings. The highest BCUT2D eigenvalue weighted by atomic mass is 16.5. The summed E-state index contributed by atoms with van der Waals surface area (Å²) in [6.45, 7) is 4.58.